The Bertz CT molecular complexity index is 1460. The first-order chi connectivity index (χ1) is 18.9. The maximum absolute atomic E-state index is 11.1. The van der Waals surface area contributed by atoms with Gasteiger partial charge in [-0.05, 0) is 28.4 Å². The summed E-state index contributed by atoms with van der Waals surface area (Å²) in [6.45, 7) is 10.1. The van der Waals surface area contributed by atoms with E-state index in [1.165, 1.54) is 10.5 Å². The maximum atomic E-state index is 11.1. The number of hydrogen-bond acceptors (Lipinski definition) is 8. The molecule has 204 valence electrons. The summed E-state index contributed by atoms with van der Waals surface area (Å²) in [5.74, 6) is 0.802. The largest absolute Gasteiger partial charge is 0.465 e. The standard InChI is InChI=1S/C27H31BrN8O2S/c1-18-30-21(17-39-18)16-34-6-10-35(11-7-34)24-22(28)14-29-26-23(24)31-25(32-26)20-4-2-19(3-5-20)15-33-8-12-36(13-9-33)27(37)38/h2-5,14,17H,6-13,15-16H2,1H3,(H,37,38)(H,29,31,32). The number of nitrogens with zero attached hydrogens (tertiary/aromatic N) is 7. The number of piperazine rings is 2. The number of anilines is 1. The van der Waals surface area contributed by atoms with Gasteiger partial charge in [0.1, 0.15) is 11.3 Å². The number of thiazole rings is 1. The zero-order valence-corrected chi connectivity index (χ0v) is 24.2. The maximum Gasteiger partial charge on any atom is 0.407 e. The van der Waals surface area contributed by atoms with Crippen LogP contribution in [0.1, 0.15) is 16.3 Å². The van der Waals surface area contributed by atoms with Crippen LogP contribution < -0.4 is 4.90 Å². The van der Waals surface area contributed by atoms with Crippen LogP contribution in [0.5, 0.6) is 0 Å². The molecule has 0 aliphatic carbocycles. The second kappa shape index (κ2) is 11.2. The molecule has 0 radical (unpaired) electrons. The van der Waals surface area contributed by atoms with E-state index in [1.54, 1.807) is 11.3 Å². The lowest BCUT2D eigenvalue weighted by Gasteiger charge is -2.36. The molecule has 1 amide bonds. The van der Waals surface area contributed by atoms with Gasteiger partial charge in [-0.25, -0.2) is 19.7 Å². The van der Waals surface area contributed by atoms with Crippen molar-refractivity contribution in [2.24, 2.45) is 0 Å². The molecule has 0 atom stereocenters. The number of imidazole rings is 1. The van der Waals surface area contributed by atoms with Gasteiger partial charge in [0.15, 0.2) is 5.65 Å². The highest BCUT2D eigenvalue weighted by Crippen LogP contribution is 2.34. The van der Waals surface area contributed by atoms with Crippen molar-refractivity contribution in [3.63, 3.8) is 0 Å². The molecule has 4 aromatic rings. The number of H-pyrrole nitrogens is 1. The van der Waals surface area contributed by atoms with Gasteiger partial charge in [-0.3, -0.25) is 9.80 Å². The predicted molar refractivity (Wildman–Crippen MR) is 156 cm³/mol. The average Bonchev–Trinajstić information content (AvgIpc) is 3.56. The third kappa shape index (κ3) is 5.79. The Morgan fingerprint density at radius 2 is 1.69 bits per heavy atom. The number of aromatic amines is 1. The van der Waals surface area contributed by atoms with Crippen LogP contribution in [0.25, 0.3) is 22.6 Å². The zero-order chi connectivity index (χ0) is 26.9. The van der Waals surface area contributed by atoms with E-state index in [9.17, 15) is 4.79 Å². The first-order valence-corrected chi connectivity index (χ1v) is 14.8. The number of fused-ring (bicyclic) bond motifs is 1. The van der Waals surface area contributed by atoms with Crippen LogP contribution >= 0.6 is 27.3 Å². The molecular weight excluding hydrogens is 580 g/mol. The van der Waals surface area contributed by atoms with Crippen molar-refractivity contribution < 1.29 is 9.90 Å². The molecule has 10 nitrogen and oxygen atoms in total. The van der Waals surface area contributed by atoms with Gasteiger partial charge in [0.25, 0.3) is 0 Å². The van der Waals surface area contributed by atoms with E-state index in [0.29, 0.717) is 13.1 Å². The fraction of sp³-hybridized carbons (Fsp3) is 0.407. The van der Waals surface area contributed by atoms with Crippen molar-refractivity contribution in [3.8, 4) is 11.4 Å². The normalized spacial score (nSPS) is 17.3. The highest BCUT2D eigenvalue weighted by atomic mass is 79.9. The van der Waals surface area contributed by atoms with E-state index in [2.05, 4.69) is 82.2 Å². The van der Waals surface area contributed by atoms with Crippen LogP contribution in [0.3, 0.4) is 0 Å². The summed E-state index contributed by atoms with van der Waals surface area (Å²) in [7, 11) is 0. The zero-order valence-electron chi connectivity index (χ0n) is 21.8. The molecule has 0 unspecified atom stereocenters. The van der Waals surface area contributed by atoms with Gasteiger partial charge in [-0.1, -0.05) is 24.3 Å². The second-order valence-electron chi connectivity index (χ2n) is 10.1. The second-order valence-corrected chi connectivity index (χ2v) is 12.0. The fourth-order valence-corrected chi connectivity index (χ4v) is 6.46. The number of carboxylic acid groups (broad SMARTS) is 1. The van der Waals surface area contributed by atoms with Crippen LogP contribution in [0.15, 0.2) is 40.3 Å². The monoisotopic (exact) mass is 610 g/mol. The highest BCUT2D eigenvalue weighted by Gasteiger charge is 2.24. The highest BCUT2D eigenvalue weighted by molar-refractivity contribution is 9.10. The van der Waals surface area contributed by atoms with Crippen LogP contribution in [0.4, 0.5) is 10.5 Å². The summed E-state index contributed by atoms with van der Waals surface area (Å²) >= 11 is 5.45. The van der Waals surface area contributed by atoms with Gasteiger partial charge in [0.2, 0.25) is 0 Å². The molecule has 2 N–H and O–H groups in total. The van der Waals surface area contributed by atoms with Crippen molar-refractivity contribution in [1.29, 1.82) is 0 Å². The summed E-state index contributed by atoms with van der Waals surface area (Å²) in [4.78, 5) is 37.4. The molecule has 2 aliphatic rings. The SMILES string of the molecule is Cc1nc(CN2CCN(c3c(Br)cnc4[nH]c(-c5ccc(CN6CCN(C(=O)O)CC6)cc5)nc34)CC2)cs1. The first kappa shape index (κ1) is 26.2. The Morgan fingerprint density at radius 1 is 1.00 bits per heavy atom. The fourth-order valence-electron chi connectivity index (χ4n) is 5.32. The lowest BCUT2D eigenvalue weighted by Crippen LogP contribution is -2.47. The third-order valence-electron chi connectivity index (χ3n) is 7.46. The summed E-state index contributed by atoms with van der Waals surface area (Å²) in [5.41, 5.74) is 6.11. The molecule has 2 saturated heterocycles. The van der Waals surface area contributed by atoms with Crippen LogP contribution in [-0.4, -0.2) is 98.2 Å². The van der Waals surface area contributed by atoms with Crippen LogP contribution in [0, 0.1) is 6.92 Å². The van der Waals surface area contributed by atoms with E-state index in [1.807, 2.05) is 6.20 Å². The van der Waals surface area contributed by atoms with Gasteiger partial charge in [-0.2, -0.15) is 0 Å². The molecule has 0 saturated carbocycles. The van der Waals surface area contributed by atoms with Crippen molar-refractivity contribution in [2.45, 2.75) is 20.0 Å². The number of halogens is 1. The molecule has 3 aromatic heterocycles. The molecule has 5 heterocycles. The summed E-state index contributed by atoms with van der Waals surface area (Å²) in [6.07, 6.45) is 1.02. The molecule has 2 aliphatic heterocycles. The molecule has 0 bridgehead atoms. The number of aryl methyl sites for hydroxylation is 1. The van der Waals surface area contributed by atoms with Gasteiger partial charge in [0.05, 0.1) is 20.9 Å². The van der Waals surface area contributed by atoms with Gasteiger partial charge >= 0.3 is 6.09 Å². The Labute approximate surface area is 239 Å². The van der Waals surface area contributed by atoms with E-state index >= 15 is 0 Å². The Morgan fingerprint density at radius 3 is 2.36 bits per heavy atom. The quantitative estimate of drug-likeness (QED) is 0.333. The Hall–Kier alpha value is -3.06. The Balaban J connectivity index is 1.13. The van der Waals surface area contributed by atoms with E-state index < -0.39 is 6.09 Å². The third-order valence-corrected chi connectivity index (χ3v) is 8.86. The number of aromatic nitrogens is 4. The van der Waals surface area contributed by atoms with Gasteiger partial charge in [-0.15, -0.1) is 11.3 Å². The topological polar surface area (TPSA) is 105 Å². The van der Waals surface area contributed by atoms with E-state index in [4.69, 9.17) is 10.1 Å². The first-order valence-electron chi connectivity index (χ1n) is 13.1. The van der Waals surface area contributed by atoms with Crippen LogP contribution in [-0.2, 0) is 13.1 Å². The molecule has 39 heavy (non-hydrogen) atoms. The molecule has 0 spiro atoms. The lowest BCUT2D eigenvalue weighted by molar-refractivity contribution is 0.103. The number of rotatable bonds is 6. The number of amides is 1. The average molecular weight is 612 g/mol. The lowest BCUT2D eigenvalue weighted by atomic mass is 10.1. The predicted octanol–water partition coefficient (Wildman–Crippen LogP) is 4.27. The van der Waals surface area contributed by atoms with Crippen molar-refractivity contribution >= 4 is 50.2 Å². The molecule has 12 heteroatoms. The molecule has 2 fully saturated rings. The number of benzene rings is 1. The van der Waals surface area contributed by atoms with Crippen molar-refractivity contribution in [1.82, 2.24) is 34.6 Å². The summed E-state index contributed by atoms with van der Waals surface area (Å²) < 4.78 is 0.954. The van der Waals surface area contributed by atoms with Crippen LogP contribution in [0.2, 0.25) is 0 Å². The smallest absolute Gasteiger partial charge is 0.407 e. The minimum Gasteiger partial charge on any atom is -0.465 e. The van der Waals surface area contributed by atoms with E-state index in [-0.39, 0.29) is 0 Å². The minimum atomic E-state index is -0.835. The number of hydrogen-bond donors (Lipinski definition) is 2. The molecule has 1 aromatic carbocycles. The number of nitrogens with one attached hydrogen (secondary N) is 1. The van der Waals surface area contributed by atoms with Crippen molar-refractivity contribution in [2.75, 3.05) is 57.3 Å². The molecule has 6 rings (SSSR count). The van der Waals surface area contributed by atoms with Crippen molar-refractivity contribution in [3.05, 3.63) is 56.6 Å². The minimum absolute atomic E-state index is 0.553. The summed E-state index contributed by atoms with van der Waals surface area (Å²) in [6, 6.07) is 8.43. The number of pyridine rings is 1. The molecular formula is C27H31BrN8O2S. The van der Waals surface area contributed by atoms with E-state index in [0.717, 1.165) is 95.8 Å². The number of carbonyl (C=O) groups is 1. The Kier molecular flexibility index (Phi) is 7.52. The summed E-state index contributed by atoms with van der Waals surface area (Å²) in [5, 5.41) is 12.4. The van der Waals surface area contributed by atoms with Gasteiger partial charge in [0, 0.05) is 82.6 Å². The van der Waals surface area contributed by atoms with Gasteiger partial charge < -0.3 is 19.9 Å².